The van der Waals surface area contributed by atoms with E-state index in [0.29, 0.717) is 12.5 Å². The minimum atomic E-state index is 0.610. The van der Waals surface area contributed by atoms with Crippen molar-refractivity contribution in [3.63, 3.8) is 0 Å². The molecule has 0 saturated heterocycles. The van der Waals surface area contributed by atoms with Crippen LogP contribution in [0.5, 0.6) is 11.5 Å². The summed E-state index contributed by atoms with van der Waals surface area (Å²) in [6.45, 7) is 6.84. The van der Waals surface area contributed by atoms with Crippen molar-refractivity contribution in [2.75, 3.05) is 31.4 Å². The fourth-order valence-electron chi connectivity index (χ4n) is 3.07. The van der Waals surface area contributed by atoms with Gasteiger partial charge in [-0.1, -0.05) is 18.2 Å². The van der Waals surface area contributed by atoms with E-state index in [0.717, 1.165) is 40.7 Å². The Hall–Kier alpha value is -3.28. The zero-order chi connectivity index (χ0) is 20.8. The van der Waals surface area contributed by atoms with Gasteiger partial charge in [0.1, 0.15) is 5.82 Å². The molecule has 0 spiro atoms. The smallest absolute Gasteiger partial charge is 0.224 e. The molecule has 0 radical (unpaired) electrons. The maximum atomic E-state index is 5.37. The summed E-state index contributed by atoms with van der Waals surface area (Å²) >= 11 is 0. The van der Waals surface area contributed by atoms with Crippen molar-refractivity contribution in [1.29, 1.82) is 0 Å². The van der Waals surface area contributed by atoms with Gasteiger partial charge in [0.25, 0.3) is 0 Å². The van der Waals surface area contributed by atoms with E-state index in [1.54, 1.807) is 14.2 Å². The molecule has 0 saturated carbocycles. The molecule has 29 heavy (non-hydrogen) atoms. The normalized spacial score (nSPS) is 10.5. The maximum Gasteiger partial charge on any atom is 0.224 e. The number of aromatic nitrogens is 2. The van der Waals surface area contributed by atoms with E-state index in [1.165, 1.54) is 11.1 Å². The largest absolute Gasteiger partial charge is 0.493 e. The van der Waals surface area contributed by atoms with Crippen LogP contribution in [0.1, 0.15) is 22.4 Å². The van der Waals surface area contributed by atoms with Gasteiger partial charge in [0, 0.05) is 24.0 Å². The molecular formula is C23H28N4O2. The number of benzene rings is 2. The number of nitrogens with zero attached hydrogens (tertiary/aromatic N) is 2. The third kappa shape index (κ3) is 5.38. The Morgan fingerprint density at radius 3 is 2.41 bits per heavy atom. The molecule has 0 aliphatic carbocycles. The number of hydrogen-bond acceptors (Lipinski definition) is 6. The lowest BCUT2D eigenvalue weighted by atomic mass is 10.1. The summed E-state index contributed by atoms with van der Waals surface area (Å²) in [6, 6.07) is 14.2. The molecule has 0 aliphatic rings. The van der Waals surface area contributed by atoms with Gasteiger partial charge in [-0.15, -0.1) is 0 Å². The quantitative estimate of drug-likeness (QED) is 0.573. The van der Waals surface area contributed by atoms with E-state index >= 15 is 0 Å². The molecule has 0 unspecified atom stereocenters. The van der Waals surface area contributed by atoms with Crippen LogP contribution < -0.4 is 20.1 Å². The number of rotatable bonds is 8. The van der Waals surface area contributed by atoms with Crippen LogP contribution in [0, 0.1) is 20.8 Å². The first-order chi connectivity index (χ1) is 14.0. The molecule has 0 aliphatic heterocycles. The van der Waals surface area contributed by atoms with Crippen LogP contribution in [-0.2, 0) is 6.42 Å². The highest BCUT2D eigenvalue weighted by Crippen LogP contribution is 2.27. The Balaban J connectivity index is 1.66. The van der Waals surface area contributed by atoms with Crippen LogP contribution in [0.2, 0.25) is 0 Å². The van der Waals surface area contributed by atoms with Crippen LogP contribution in [0.25, 0.3) is 0 Å². The Bertz CT molecular complexity index is 989. The molecule has 1 aromatic heterocycles. The van der Waals surface area contributed by atoms with Crippen molar-refractivity contribution in [3.05, 3.63) is 64.8 Å². The summed E-state index contributed by atoms with van der Waals surface area (Å²) in [5.41, 5.74) is 5.49. The van der Waals surface area contributed by atoms with Gasteiger partial charge in [0.2, 0.25) is 5.95 Å². The van der Waals surface area contributed by atoms with Crippen LogP contribution in [0.3, 0.4) is 0 Å². The third-order valence-electron chi connectivity index (χ3n) is 4.65. The first-order valence-corrected chi connectivity index (χ1v) is 9.63. The lowest BCUT2D eigenvalue weighted by Crippen LogP contribution is -2.10. The molecular weight excluding hydrogens is 364 g/mol. The number of hydrogen-bond donors (Lipinski definition) is 2. The Morgan fingerprint density at radius 1 is 0.862 bits per heavy atom. The van der Waals surface area contributed by atoms with Gasteiger partial charge >= 0.3 is 0 Å². The van der Waals surface area contributed by atoms with Crippen LogP contribution in [0.15, 0.2) is 42.5 Å². The van der Waals surface area contributed by atoms with Crippen molar-refractivity contribution in [1.82, 2.24) is 9.97 Å². The molecule has 1 heterocycles. The minimum absolute atomic E-state index is 0.610. The van der Waals surface area contributed by atoms with Gasteiger partial charge in [-0.05, 0) is 62.1 Å². The van der Waals surface area contributed by atoms with Crippen LogP contribution in [-0.4, -0.2) is 30.7 Å². The number of anilines is 3. The minimum Gasteiger partial charge on any atom is -0.493 e. The van der Waals surface area contributed by atoms with Gasteiger partial charge in [-0.2, -0.15) is 4.98 Å². The molecule has 0 atom stereocenters. The van der Waals surface area contributed by atoms with Crippen LogP contribution >= 0.6 is 0 Å². The van der Waals surface area contributed by atoms with E-state index in [9.17, 15) is 0 Å². The first kappa shape index (κ1) is 20.5. The molecule has 3 rings (SSSR count). The topological polar surface area (TPSA) is 68.3 Å². The summed E-state index contributed by atoms with van der Waals surface area (Å²) in [4.78, 5) is 9.11. The standard InChI is InChI=1S/C23H28N4O2/c1-15-6-7-16(2)19(12-15)26-22-13-17(3)25-23(27-22)24-11-10-18-8-9-20(28-4)21(14-18)29-5/h6-9,12-14H,10-11H2,1-5H3,(H2,24,25,26,27). The van der Waals surface area contributed by atoms with E-state index < -0.39 is 0 Å². The molecule has 0 bridgehead atoms. The van der Waals surface area contributed by atoms with E-state index in [2.05, 4.69) is 52.6 Å². The molecule has 2 aromatic carbocycles. The third-order valence-corrected chi connectivity index (χ3v) is 4.65. The molecule has 3 aromatic rings. The number of ether oxygens (including phenoxy) is 2. The fourth-order valence-corrected chi connectivity index (χ4v) is 3.07. The second-order valence-electron chi connectivity index (χ2n) is 7.03. The summed E-state index contributed by atoms with van der Waals surface area (Å²) in [7, 11) is 3.28. The summed E-state index contributed by atoms with van der Waals surface area (Å²) in [6.07, 6.45) is 0.817. The summed E-state index contributed by atoms with van der Waals surface area (Å²) in [5, 5.41) is 6.73. The highest BCUT2D eigenvalue weighted by atomic mass is 16.5. The Labute approximate surface area is 172 Å². The average Bonchev–Trinajstić information content (AvgIpc) is 2.70. The lowest BCUT2D eigenvalue weighted by molar-refractivity contribution is 0.354. The molecule has 152 valence electrons. The van der Waals surface area contributed by atoms with Crippen molar-refractivity contribution in [3.8, 4) is 11.5 Å². The molecule has 0 fully saturated rings. The van der Waals surface area contributed by atoms with E-state index in [-0.39, 0.29) is 0 Å². The Kier molecular flexibility index (Phi) is 6.54. The zero-order valence-electron chi connectivity index (χ0n) is 17.7. The first-order valence-electron chi connectivity index (χ1n) is 9.63. The summed E-state index contributed by atoms with van der Waals surface area (Å²) < 4.78 is 10.7. The van der Waals surface area contributed by atoms with Crippen molar-refractivity contribution in [2.24, 2.45) is 0 Å². The molecule has 0 amide bonds. The average molecular weight is 393 g/mol. The number of methoxy groups -OCH3 is 2. The zero-order valence-corrected chi connectivity index (χ0v) is 17.7. The van der Waals surface area contributed by atoms with Gasteiger partial charge in [0.15, 0.2) is 11.5 Å². The van der Waals surface area contributed by atoms with Crippen LogP contribution in [0.4, 0.5) is 17.5 Å². The highest BCUT2D eigenvalue weighted by Gasteiger charge is 2.07. The number of nitrogens with one attached hydrogen (secondary N) is 2. The second kappa shape index (κ2) is 9.28. The van der Waals surface area contributed by atoms with E-state index in [1.807, 2.05) is 31.2 Å². The van der Waals surface area contributed by atoms with Gasteiger partial charge in [-0.3, -0.25) is 0 Å². The van der Waals surface area contributed by atoms with Crippen molar-refractivity contribution < 1.29 is 9.47 Å². The maximum absolute atomic E-state index is 5.37. The van der Waals surface area contributed by atoms with Gasteiger partial charge < -0.3 is 20.1 Å². The highest BCUT2D eigenvalue weighted by molar-refractivity contribution is 5.62. The van der Waals surface area contributed by atoms with Gasteiger partial charge in [0.05, 0.1) is 14.2 Å². The second-order valence-corrected chi connectivity index (χ2v) is 7.03. The molecule has 6 heteroatoms. The summed E-state index contributed by atoms with van der Waals surface area (Å²) in [5.74, 6) is 2.85. The lowest BCUT2D eigenvalue weighted by Gasteiger charge is -2.13. The monoisotopic (exact) mass is 392 g/mol. The Morgan fingerprint density at radius 2 is 1.66 bits per heavy atom. The molecule has 2 N–H and O–H groups in total. The van der Waals surface area contributed by atoms with Gasteiger partial charge in [-0.25, -0.2) is 4.98 Å². The molecule has 6 nitrogen and oxygen atoms in total. The van der Waals surface area contributed by atoms with Crippen molar-refractivity contribution in [2.45, 2.75) is 27.2 Å². The SMILES string of the molecule is COc1ccc(CCNc2nc(C)cc(Nc3cc(C)ccc3C)n2)cc1OC. The number of aryl methyl sites for hydroxylation is 3. The van der Waals surface area contributed by atoms with E-state index in [4.69, 9.17) is 9.47 Å². The fraction of sp³-hybridized carbons (Fsp3) is 0.304. The predicted molar refractivity (Wildman–Crippen MR) is 118 cm³/mol. The van der Waals surface area contributed by atoms with Crippen molar-refractivity contribution >= 4 is 17.5 Å². The predicted octanol–water partition coefficient (Wildman–Crippen LogP) is 4.82.